The van der Waals surface area contributed by atoms with Crippen LogP contribution in [0.15, 0.2) is 41.5 Å². The molecule has 2 atom stereocenters. The van der Waals surface area contributed by atoms with Gasteiger partial charge in [0, 0.05) is 23.9 Å². The average molecular weight is 421 g/mol. The SMILES string of the molecule is C[C@]1(c2cc(NC(=O)c3ccc(C#N)cn3)ccc2F)C[C@H](C(F)(F)F)OC(N)=N1. The summed E-state index contributed by atoms with van der Waals surface area (Å²) in [5.41, 5.74) is 3.93. The van der Waals surface area contributed by atoms with Crippen LogP contribution >= 0.6 is 0 Å². The molecule has 0 fully saturated rings. The fourth-order valence-electron chi connectivity index (χ4n) is 3.02. The Balaban J connectivity index is 1.90. The Labute approximate surface area is 168 Å². The summed E-state index contributed by atoms with van der Waals surface area (Å²) in [5.74, 6) is -1.46. The van der Waals surface area contributed by atoms with E-state index in [-0.39, 0.29) is 22.5 Å². The minimum atomic E-state index is -4.72. The van der Waals surface area contributed by atoms with Crippen LogP contribution in [-0.2, 0) is 10.3 Å². The predicted octanol–water partition coefficient (Wildman–Crippen LogP) is 3.23. The number of amidine groups is 1. The number of nitrogens with two attached hydrogens (primary N) is 1. The Morgan fingerprint density at radius 3 is 2.70 bits per heavy atom. The van der Waals surface area contributed by atoms with E-state index in [0.29, 0.717) is 0 Å². The zero-order valence-corrected chi connectivity index (χ0v) is 15.5. The van der Waals surface area contributed by atoms with E-state index >= 15 is 0 Å². The third-order valence-electron chi connectivity index (χ3n) is 4.50. The second-order valence-electron chi connectivity index (χ2n) is 6.77. The molecule has 0 aliphatic carbocycles. The monoisotopic (exact) mass is 421 g/mol. The normalized spacial score (nSPS) is 21.2. The van der Waals surface area contributed by atoms with Gasteiger partial charge in [-0.1, -0.05) is 0 Å². The first-order valence-electron chi connectivity index (χ1n) is 8.58. The molecule has 0 radical (unpaired) electrons. The van der Waals surface area contributed by atoms with E-state index in [2.05, 4.69) is 20.0 Å². The maximum Gasteiger partial charge on any atom is 0.425 e. The molecule has 156 valence electrons. The second kappa shape index (κ2) is 7.62. The smallest absolute Gasteiger partial charge is 0.425 e. The largest absolute Gasteiger partial charge is 0.452 e. The van der Waals surface area contributed by atoms with Crippen LogP contribution in [0.25, 0.3) is 0 Å². The van der Waals surface area contributed by atoms with E-state index in [4.69, 9.17) is 11.0 Å². The summed E-state index contributed by atoms with van der Waals surface area (Å²) in [4.78, 5) is 20.1. The topological polar surface area (TPSA) is 113 Å². The minimum absolute atomic E-state index is 0.00319. The van der Waals surface area contributed by atoms with Crippen molar-refractivity contribution in [3.05, 3.63) is 59.2 Å². The molecule has 0 saturated heterocycles. The van der Waals surface area contributed by atoms with Crippen LogP contribution in [0.5, 0.6) is 0 Å². The summed E-state index contributed by atoms with van der Waals surface area (Å²) in [6.45, 7) is 1.30. The summed E-state index contributed by atoms with van der Waals surface area (Å²) in [6, 6.07) is 7.33. The molecule has 3 N–H and O–H groups in total. The lowest BCUT2D eigenvalue weighted by Crippen LogP contribution is -2.46. The number of pyridine rings is 1. The molecule has 1 aromatic carbocycles. The van der Waals surface area contributed by atoms with Crippen molar-refractivity contribution < 1.29 is 27.1 Å². The highest BCUT2D eigenvalue weighted by Crippen LogP contribution is 2.41. The number of aromatic nitrogens is 1. The van der Waals surface area contributed by atoms with Crippen molar-refractivity contribution >= 4 is 17.6 Å². The van der Waals surface area contributed by atoms with Gasteiger partial charge in [0.2, 0.25) is 0 Å². The van der Waals surface area contributed by atoms with Gasteiger partial charge in [0.1, 0.15) is 17.6 Å². The molecule has 3 rings (SSSR count). The summed E-state index contributed by atoms with van der Waals surface area (Å²) in [6.07, 6.45) is -6.45. The standard InChI is InChI=1S/C19H15F4N5O2/c1-18(7-15(19(21,22)23)30-17(25)28-18)12-6-11(3-4-13(12)20)27-16(29)14-5-2-10(8-24)9-26-14/h2-6,9,15H,7H2,1H3,(H2,25,28)(H,27,29)/t15-,18-/m1/s1. The van der Waals surface area contributed by atoms with Gasteiger partial charge < -0.3 is 15.8 Å². The number of carbonyl (C=O) groups is 1. The van der Waals surface area contributed by atoms with Crippen LogP contribution < -0.4 is 11.1 Å². The lowest BCUT2D eigenvalue weighted by molar-refractivity contribution is -0.208. The number of ether oxygens (including phenoxy) is 1. The van der Waals surface area contributed by atoms with Crippen molar-refractivity contribution in [1.82, 2.24) is 4.98 Å². The molecule has 7 nitrogen and oxygen atoms in total. The van der Waals surface area contributed by atoms with Gasteiger partial charge in [-0.05, 0) is 37.3 Å². The van der Waals surface area contributed by atoms with Crippen molar-refractivity contribution in [1.29, 1.82) is 5.26 Å². The van der Waals surface area contributed by atoms with Crippen molar-refractivity contribution in [3.8, 4) is 6.07 Å². The van der Waals surface area contributed by atoms with Gasteiger partial charge in [-0.25, -0.2) is 14.4 Å². The van der Waals surface area contributed by atoms with Crippen LogP contribution in [0.1, 0.15) is 35.0 Å². The van der Waals surface area contributed by atoms with Crippen LogP contribution in [0.4, 0.5) is 23.2 Å². The first-order valence-corrected chi connectivity index (χ1v) is 8.58. The highest BCUT2D eigenvalue weighted by atomic mass is 19.4. The zero-order chi connectivity index (χ0) is 22.1. The van der Waals surface area contributed by atoms with Gasteiger partial charge in [0.25, 0.3) is 11.9 Å². The zero-order valence-electron chi connectivity index (χ0n) is 15.5. The third-order valence-corrected chi connectivity index (χ3v) is 4.50. The van der Waals surface area contributed by atoms with Gasteiger partial charge in [0.05, 0.1) is 11.1 Å². The number of nitrogens with zero attached hydrogens (tertiary/aromatic N) is 3. The number of benzene rings is 1. The van der Waals surface area contributed by atoms with Gasteiger partial charge in [-0.15, -0.1) is 0 Å². The molecule has 0 bridgehead atoms. The molecule has 2 heterocycles. The molecule has 30 heavy (non-hydrogen) atoms. The number of hydrogen-bond acceptors (Lipinski definition) is 6. The van der Waals surface area contributed by atoms with E-state index in [1.54, 1.807) is 0 Å². The Hall–Kier alpha value is -3.68. The van der Waals surface area contributed by atoms with E-state index in [1.165, 1.54) is 37.4 Å². The van der Waals surface area contributed by atoms with Gasteiger partial charge in [-0.2, -0.15) is 18.4 Å². The molecule has 11 heteroatoms. The molecular weight excluding hydrogens is 406 g/mol. The minimum Gasteiger partial charge on any atom is -0.452 e. The van der Waals surface area contributed by atoms with Gasteiger partial charge in [0.15, 0.2) is 6.10 Å². The number of anilines is 1. The summed E-state index contributed by atoms with van der Waals surface area (Å²) in [7, 11) is 0. The number of hydrogen-bond donors (Lipinski definition) is 2. The van der Waals surface area contributed by atoms with Crippen molar-refractivity contribution in [2.24, 2.45) is 10.7 Å². The average Bonchev–Trinajstić information content (AvgIpc) is 2.68. The van der Waals surface area contributed by atoms with Crippen molar-refractivity contribution in [3.63, 3.8) is 0 Å². The lowest BCUT2D eigenvalue weighted by atomic mass is 9.85. The van der Waals surface area contributed by atoms with Crippen LogP contribution in [0.2, 0.25) is 0 Å². The molecule has 0 unspecified atom stereocenters. The number of halogens is 4. The van der Waals surface area contributed by atoms with E-state index in [1.807, 2.05) is 6.07 Å². The molecule has 1 aliphatic rings. The molecule has 1 aliphatic heterocycles. The lowest BCUT2D eigenvalue weighted by Gasteiger charge is -2.36. The first-order chi connectivity index (χ1) is 14.0. The number of alkyl halides is 3. The number of aliphatic imine (C=N–C) groups is 1. The quantitative estimate of drug-likeness (QED) is 0.739. The number of amides is 1. The van der Waals surface area contributed by atoms with Gasteiger partial charge in [-0.3, -0.25) is 4.79 Å². The Morgan fingerprint density at radius 1 is 1.37 bits per heavy atom. The second-order valence-corrected chi connectivity index (χ2v) is 6.77. The molecule has 0 spiro atoms. The first kappa shape index (κ1) is 21.0. The number of rotatable bonds is 3. The third kappa shape index (κ3) is 4.32. The molecule has 0 saturated carbocycles. The van der Waals surface area contributed by atoms with Gasteiger partial charge >= 0.3 is 6.18 Å². The molecular formula is C19H15F4N5O2. The Morgan fingerprint density at radius 2 is 2.10 bits per heavy atom. The number of nitrogens with one attached hydrogen (secondary N) is 1. The maximum atomic E-state index is 14.5. The van der Waals surface area contributed by atoms with E-state index in [9.17, 15) is 22.4 Å². The van der Waals surface area contributed by atoms with E-state index in [0.717, 1.165) is 6.07 Å². The summed E-state index contributed by atoms with van der Waals surface area (Å²) >= 11 is 0. The Bertz CT molecular complexity index is 1050. The molecule has 1 aromatic heterocycles. The fraction of sp³-hybridized carbons (Fsp3) is 0.263. The van der Waals surface area contributed by atoms with Crippen LogP contribution in [0.3, 0.4) is 0 Å². The summed E-state index contributed by atoms with van der Waals surface area (Å²) < 4.78 is 58.5. The fourth-order valence-corrected chi connectivity index (χ4v) is 3.02. The number of carbonyl (C=O) groups excluding carboxylic acids is 1. The number of nitriles is 1. The maximum absolute atomic E-state index is 14.5. The van der Waals surface area contributed by atoms with Crippen molar-refractivity contribution in [2.45, 2.75) is 31.2 Å². The van der Waals surface area contributed by atoms with Crippen molar-refractivity contribution in [2.75, 3.05) is 5.32 Å². The molecule has 2 aromatic rings. The molecule has 1 amide bonds. The highest BCUT2D eigenvalue weighted by molar-refractivity contribution is 6.02. The highest BCUT2D eigenvalue weighted by Gasteiger charge is 2.50. The Kier molecular flexibility index (Phi) is 5.35. The van der Waals surface area contributed by atoms with Crippen LogP contribution in [-0.4, -0.2) is 29.2 Å². The van der Waals surface area contributed by atoms with E-state index < -0.39 is 42.0 Å². The predicted molar refractivity (Wildman–Crippen MR) is 97.8 cm³/mol. The van der Waals surface area contributed by atoms with Crippen LogP contribution in [0, 0.1) is 17.1 Å². The summed E-state index contributed by atoms with van der Waals surface area (Å²) in [5, 5.41) is 11.3.